The highest BCUT2D eigenvalue weighted by atomic mass is 32.2. The van der Waals surface area contributed by atoms with Crippen LogP contribution in [0, 0.1) is 0 Å². The van der Waals surface area contributed by atoms with Gasteiger partial charge in [0.1, 0.15) is 0 Å². The van der Waals surface area contributed by atoms with Gasteiger partial charge in [-0.05, 0) is 50.7 Å². The largest absolute Gasteiger partial charge is 0.459 e. The van der Waals surface area contributed by atoms with Crippen molar-refractivity contribution in [1.82, 2.24) is 15.1 Å². The number of rotatable bonds is 6. The van der Waals surface area contributed by atoms with E-state index in [2.05, 4.69) is 16.3 Å². The predicted molar refractivity (Wildman–Crippen MR) is 89.1 cm³/mol. The third kappa shape index (κ3) is 3.40. The SMILES string of the molecule is O=C(CSc1nnc(-c2ccco2)o1)N(C1=CCCCC1)C1CC1. The first-order valence-electron chi connectivity index (χ1n) is 8.32. The van der Waals surface area contributed by atoms with Gasteiger partial charge >= 0.3 is 0 Å². The molecule has 4 rings (SSSR count). The molecular weight excluding hydrogens is 326 g/mol. The zero-order valence-corrected chi connectivity index (χ0v) is 14.1. The third-order valence-corrected chi connectivity index (χ3v) is 5.02. The van der Waals surface area contributed by atoms with Crippen LogP contribution in [0.3, 0.4) is 0 Å². The highest BCUT2D eigenvalue weighted by molar-refractivity contribution is 7.99. The molecule has 2 aromatic heterocycles. The van der Waals surface area contributed by atoms with Crippen LogP contribution >= 0.6 is 11.8 Å². The first kappa shape index (κ1) is 15.5. The molecule has 1 amide bonds. The van der Waals surface area contributed by atoms with Gasteiger partial charge in [-0.15, -0.1) is 10.2 Å². The lowest BCUT2D eigenvalue weighted by atomic mass is 10.0. The monoisotopic (exact) mass is 345 g/mol. The number of thioether (sulfide) groups is 1. The summed E-state index contributed by atoms with van der Waals surface area (Å²) < 4.78 is 10.8. The topological polar surface area (TPSA) is 72.4 Å². The van der Waals surface area contributed by atoms with E-state index in [0.29, 0.717) is 28.7 Å². The Bertz CT molecular complexity index is 734. The van der Waals surface area contributed by atoms with Crippen LogP contribution in [0.2, 0.25) is 0 Å². The Balaban J connectivity index is 1.39. The summed E-state index contributed by atoms with van der Waals surface area (Å²) in [4.78, 5) is 14.7. The van der Waals surface area contributed by atoms with Gasteiger partial charge in [0, 0.05) is 11.7 Å². The number of nitrogens with zero attached hydrogens (tertiary/aromatic N) is 3. The fourth-order valence-corrected chi connectivity index (χ4v) is 3.55. The smallest absolute Gasteiger partial charge is 0.284 e. The van der Waals surface area contributed by atoms with Gasteiger partial charge in [-0.25, -0.2) is 0 Å². The van der Waals surface area contributed by atoms with Crippen molar-refractivity contribution in [2.24, 2.45) is 0 Å². The summed E-state index contributed by atoms with van der Waals surface area (Å²) in [5.41, 5.74) is 1.20. The van der Waals surface area contributed by atoms with Gasteiger partial charge in [-0.3, -0.25) is 4.79 Å². The number of hydrogen-bond acceptors (Lipinski definition) is 6. The number of carbonyl (C=O) groups excluding carboxylic acids is 1. The lowest BCUT2D eigenvalue weighted by Gasteiger charge is -2.27. The van der Waals surface area contributed by atoms with E-state index >= 15 is 0 Å². The van der Waals surface area contributed by atoms with Crippen LogP contribution in [0.1, 0.15) is 38.5 Å². The minimum Gasteiger partial charge on any atom is -0.459 e. The maximum Gasteiger partial charge on any atom is 0.284 e. The van der Waals surface area contributed by atoms with Crippen molar-refractivity contribution in [2.45, 2.75) is 49.8 Å². The molecule has 24 heavy (non-hydrogen) atoms. The summed E-state index contributed by atoms with van der Waals surface area (Å²) >= 11 is 1.28. The number of allylic oxidation sites excluding steroid dienone is 2. The zero-order valence-electron chi connectivity index (χ0n) is 13.3. The van der Waals surface area contributed by atoms with Crippen LogP contribution in [0.25, 0.3) is 11.7 Å². The molecule has 2 aromatic rings. The fourth-order valence-electron chi connectivity index (χ4n) is 2.93. The van der Waals surface area contributed by atoms with Gasteiger partial charge in [0.15, 0.2) is 5.76 Å². The Kier molecular flexibility index (Phi) is 4.42. The summed E-state index contributed by atoms with van der Waals surface area (Å²) in [6.07, 6.45) is 10.5. The Morgan fingerprint density at radius 1 is 1.33 bits per heavy atom. The molecule has 0 saturated heterocycles. The van der Waals surface area contributed by atoms with Gasteiger partial charge in [0.25, 0.3) is 11.1 Å². The molecule has 6 nitrogen and oxygen atoms in total. The summed E-state index contributed by atoms with van der Waals surface area (Å²) in [6.45, 7) is 0. The molecule has 2 heterocycles. The second-order valence-electron chi connectivity index (χ2n) is 6.08. The van der Waals surface area contributed by atoms with Crippen molar-refractivity contribution in [3.05, 3.63) is 30.2 Å². The van der Waals surface area contributed by atoms with Crippen molar-refractivity contribution < 1.29 is 13.6 Å². The summed E-state index contributed by atoms with van der Waals surface area (Å²) in [7, 11) is 0. The highest BCUT2D eigenvalue weighted by Gasteiger charge is 2.35. The molecule has 0 bridgehead atoms. The second-order valence-corrected chi connectivity index (χ2v) is 7.00. The Morgan fingerprint density at radius 2 is 2.25 bits per heavy atom. The first-order chi connectivity index (χ1) is 11.8. The van der Waals surface area contributed by atoms with E-state index < -0.39 is 0 Å². The lowest BCUT2D eigenvalue weighted by Crippen LogP contribution is -2.34. The molecule has 0 aromatic carbocycles. The van der Waals surface area contributed by atoms with Crippen molar-refractivity contribution in [3.8, 4) is 11.7 Å². The first-order valence-corrected chi connectivity index (χ1v) is 9.31. The molecule has 2 aliphatic rings. The second kappa shape index (κ2) is 6.84. The van der Waals surface area contributed by atoms with Gasteiger partial charge in [0.2, 0.25) is 5.91 Å². The molecule has 0 unspecified atom stereocenters. The van der Waals surface area contributed by atoms with Crippen molar-refractivity contribution in [2.75, 3.05) is 5.75 Å². The Morgan fingerprint density at radius 3 is 2.96 bits per heavy atom. The van der Waals surface area contributed by atoms with Crippen LogP contribution in [-0.4, -0.2) is 32.8 Å². The molecular formula is C17H19N3O3S. The van der Waals surface area contributed by atoms with E-state index in [4.69, 9.17) is 8.83 Å². The molecule has 1 fully saturated rings. The molecule has 0 spiro atoms. The number of aromatic nitrogens is 2. The maximum absolute atomic E-state index is 12.7. The number of carbonyl (C=O) groups is 1. The van der Waals surface area contributed by atoms with Crippen molar-refractivity contribution >= 4 is 17.7 Å². The average molecular weight is 345 g/mol. The van der Waals surface area contributed by atoms with E-state index in [1.54, 1.807) is 18.4 Å². The molecule has 7 heteroatoms. The normalized spacial score (nSPS) is 17.6. The highest BCUT2D eigenvalue weighted by Crippen LogP contribution is 2.34. The molecule has 1 saturated carbocycles. The van der Waals surface area contributed by atoms with Gasteiger partial charge in [-0.2, -0.15) is 0 Å². The van der Waals surface area contributed by atoms with Crippen molar-refractivity contribution in [1.29, 1.82) is 0 Å². The molecule has 0 radical (unpaired) electrons. The molecule has 0 N–H and O–H groups in total. The van der Waals surface area contributed by atoms with Crippen LogP contribution < -0.4 is 0 Å². The summed E-state index contributed by atoms with van der Waals surface area (Å²) in [6, 6.07) is 3.92. The van der Waals surface area contributed by atoms with Crippen LogP contribution in [0.4, 0.5) is 0 Å². The number of amides is 1. The zero-order chi connectivity index (χ0) is 16.4. The van der Waals surface area contributed by atoms with Crippen LogP contribution in [0.15, 0.2) is 44.2 Å². The van der Waals surface area contributed by atoms with Gasteiger partial charge in [0.05, 0.1) is 12.0 Å². The van der Waals surface area contributed by atoms with E-state index in [1.807, 2.05) is 4.90 Å². The average Bonchev–Trinajstić information content (AvgIpc) is 3.11. The molecule has 0 atom stereocenters. The molecule has 2 aliphatic carbocycles. The Labute approximate surface area is 144 Å². The quantitative estimate of drug-likeness (QED) is 0.740. The summed E-state index contributed by atoms with van der Waals surface area (Å²) in [5.74, 6) is 1.32. The van der Waals surface area contributed by atoms with E-state index in [0.717, 1.165) is 25.7 Å². The minimum absolute atomic E-state index is 0.133. The lowest BCUT2D eigenvalue weighted by molar-refractivity contribution is -0.127. The maximum atomic E-state index is 12.7. The predicted octanol–water partition coefficient (Wildman–Crippen LogP) is 3.87. The molecule has 0 aliphatic heterocycles. The Hall–Kier alpha value is -2.02. The van der Waals surface area contributed by atoms with Crippen molar-refractivity contribution in [3.63, 3.8) is 0 Å². The van der Waals surface area contributed by atoms with E-state index in [-0.39, 0.29) is 5.91 Å². The van der Waals surface area contributed by atoms with Crippen LogP contribution in [-0.2, 0) is 4.79 Å². The van der Waals surface area contributed by atoms with Crippen LogP contribution in [0.5, 0.6) is 0 Å². The minimum atomic E-state index is 0.133. The van der Waals surface area contributed by atoms with E-state index in [1.165, 1.54) is 30.3 Å². The standard InChI is InChI=1S/C17H19N3O3S/c21-15(20(13-8-9-13)12-5-2-1-3-6-12)11-24-17-19-18-16(23-17)14-7-4-10-22-14/h4-5,7,10,13H,1-3,6,8-9,11H2. The number of furan rings is 1. The molecule has 126 valence electrons. The van der Waals surface area contributed by atoms with Gasteiger partial charge in [-0.1, -0.05) is 17.8 Å². The fraction of sp³-hybridized carbons (Fsp3) is 0.471. The van der Waals surface area contributed by atoms with E-state index in [9.17, 15) is 4.79 Å². The number of hydrogen-bond donors (Lipinski definition) is 0. The third-order valence-electron chi connectivity index (χ3n) is 4.21. The van der Waals surface area contributed by atoms with Gasteiger partial charge < -0.3 is 13.7 Å². The summed E-state index contributed by atoms with van der Waals surface area (Å²) in [5, 5.41) is 8.32.